The van der Waals surface area contributed by atoms with Crippen molar-refractivity contribution in [1.82, 2.24) is 5.32 Å². The fourth-order valence-corrected chi connectivity index (χ4v) is 5.05. The van der Waals surface area contributed by atoms with E-state index in [-0.39, 0.29) is 5.91 Å². The first-order valence-corrected chi connectivity index (χ1v) is 17.4. The van der Waals surface area contributed by atoms with E-state index in [1.54, 1.807) is 0 Å². The van der Waals surface area contributed by atoms with E-state index in [9.17, 15) is 4.79 Å². The summed E-state index contributed by atoms with van der Waals surface area (Å²) in [5.74, 6) is 0.260. The average Bonchev–Trinajstić information content (AvgIpc) is 2.92. The minimum Gasteiger partial charge on any atom is -0.356 e. The molecule has 0 aromatic carbocycles. The molecule has 0 bridgehead atoms. The highest BCUT2D eigenvalue weighted by molar-refractivity contribution is 5.75. The quantitative estimate of drug-likeness (QED) is 0.0699. The molecule has 0 saturated carbocycles. The highest BCUT2D eigenvalue weighted by Crippen LogP contribution is 2.11. The van der Waals surface area contributed by atoms with Crippen molar-refractivity contribution in [2.75, 3.05) is 6.54 Å². The topological polar surface area (TPSA) is 29.1 Å². The van der Waals surface area contributed by atoms with E-state index in [2.05, 4.69) is 43.5 Å². The summed E-state index contributed by atoms with van der Waals surface area (Å²) < 4.78 is 0. The van der Waals surface area contributed by atoms with Crippen molar-refractivity contribution in [3.63, 3.8) is 0 Å². The Bertz CT molecular complexity index is 509. The molecule has 2 nitrogen and oxygen atoms in total. The zero-order chi connectivity index (χ0) is 27.6. The molecule has 1 N–H and O–H groups in total. The molecule has 0 heterocycles. The molecule has 0 aromatic heterocycles. The summed E-state index contributed by atoms with van der Waals surface area (Å²) in [4.78, 5) is 12.0. The Hall–Kier alpha value is -1.05. The van der Waals surface area contributed by atoms with Crippen LogP contribution >= 0.6 is 0 Å². The highest BCUT2D eigenvalue weighted by Gasteiger charge is 2.00. The van der Waals surface area contributed by atoms with Crippen LogP contribution in [0.25, 0.3) is 0 Å². The Morgan fingerprint density at radius 1 is 0.421 bits per heavy atom. The summed E-state index contributed by atoms with van der Waals surface area (Å²) in [6.45, 7) is 5.43. The lowest BCUT2D eigenvalue weighted by Crippen LogP contribution is -2.23. The van der Waals surface area contributed by atoms with Crippen LogP contribution in [-0.4, -0.2) is 12.5 Å². The zero-order valence-electron chi connectivity index (χ0n) is 26.2. The van der Waals surface area contributed by atoms with Crippen LogP contribution < -0.4 is 5.32 Å². The van der Waals surface area contributed by atoms with Crippen molar-refractivity contribution in [3.05, 3.63) is 24.3 Å². The number of nitrogens with one attached hydrogen (secondary N) is 1. The number of hydrogen-bond donors (Lipinski definition) is 1. The van der Waals surface area contributed by atoms with Gasteiger partial charge in [0, 0.05) is 13.0 Å². The SMILES string of the molecule is CCCCCCCC/C=C/CCCCCCCCNC(=O)CCCCCCC/C=C/CCCCCCCC. The molecule has 0 rings (SSSR count). The second kappa shape index (κ2) is 34.0. The highest BCUT2D eigenvalue weighted by atomic mass is 16.1. The van der Waals surface area contributed by atoms with Crippen LogP contribution in [0, 0.1) is 0 Å². The molecule has 224 valence electrons. The summed E-state index contributed by atoms with van der Waals surface area (Å²) in [5, 5.41) is 3.12. The Morgan fingerprint density at radius 2 is 0.737 bits per heavy atom. The normalized spacial score (nSPS) is 11.7. The first-order valence-electron chi connectivity index (χ1n) is 17.4. The van der Waals surface area contributed by atoms with Gasteiger partial charge in [-0.1, -0.05) is 147 Å². The van der Waals surface area contributed by atoms with Crippen LogP contribution in [0.4, 0.5) is 0 Å². The lowest BCUT2D eigenvalue weighted by molar-refractivity contribution is -0.121. The standard InChI is InChI=1S/C36H69NO/c1-3-5-7-9-11-13-15-17-19-21-23-25-27-29-31-33-35-37-36(38)34-32-30-28-26-24-22-20-18-16-14-12-10-8-6-4-2/h17-20H,3-16,21-35H2,1-2H3,(H,37,38)/b19-17+,20-18+. The smallest absolute Gasteiger partial charge is 0.219 e. The van der Waals surface area contributed by atoms with Gasteiger partial charge in [-0.2, -0.15) is 0 Å². The van der Waals surface area contributed by atoms with Gasteiger partial charge in [-0.05, 0) is 64.2 Å². The van der Waals surface area contributed by atoms with Crippen molar-refractivity contribution in [3.8, 4) is 0 Å². The molecule has 0 aromatic rings. The van der Waals surface area contributed by atoms with Crippen LogP contribution in [0.2, 0.25) is 0 Å². The van der Waals surface area contributed by atoms with E-state index in [1.165, 1.54) is 161 Å². The van der Waals surface area contributed by atoms with E-state index in [0.717, 1.165) is 19.4 Å². The van der Waals surface area contributed by atoms with E-state index >= 15 is 0 Å². The van der Waals surface area contributed by atoms with Gasteiger partial charge in [-0.25, -0.2) is 0 Å². The fourth-order valence-electron chi connectivity index (χ4n) is 5.05. The summed E-state index contributed by atoms with van der Waals surface area (Å²) in [6, 6.07) is 0. The molecule has 0 unspecified atom stereocenters. The molecule has 0 aliphatic carbocycles. The molecular formula is C36H69NO. The number of hydrogen-bond acceptors (Lipinski definition) is 1. The second-order valence-corrected chi connectivity index (χ2v) is 11.6. The summed E-state index contributed by atoms with van der Waals surface area (Å²) in [6.07, 6.45) is 45.8. The maximum atomic E-state index is 12.0. The van der Waals surface area contributed by atoms with Crippen molar-refractivity contribution in [2.24, 2.45) is 0 Å². The largest absolute Gasteiger partial charge is 0.356 e. The summed E-state index contributed by atoms with van der Waals surface area (Å²) >= 11 is 0. The zero-order valence-corrected chi connectivity index (χ0v) is 26.2. The van der Waals surface area contributed by atoms with Crippen molar-refractivity contribution in [2.45, 2.75) is 194 Å². The van der Waals surface area contributed by atoms with Gasteiger partial charge >= 0.3 is 0 Å². The van der Waals surface area contributed by atoms with Gasteiger partial charge in [-0.15, -0.1) is 0 Å². The molecule has 1 amide bonds. The van der Waals surface area contributed by atoms with Crippen LogP contribution in [0.5, 0.6) is 0 Å². The summed E-state index contributed by atoms with van der Waals surface area (Å²) in [5.41, 5.74) is 0. The maximum absolute atomic E-state index is 12.0. The number of allylic oxidation sites excluding steroid dienone is 4. The predicted octanol–water partition coefficient (Wildman–Crippen LogP) is 12.2. The molecule has 0 atom stereocenters. The lowest BCUT2D eigenvalue weighted by Gasteiger charge is -2.05. The third-order valence-corrected chi connectivity index (χ3v) is 7.68. The van der Waals surface area contributed by atoms with Crippen LogP contribution in [0.1, 0.15) is 194 Å². The van der Waals surface area contributed by atoms with E-state index in [1.807, 2.05) is 0 Å². The Balaban J connectivity index is 3.23. The van der Waals surface area contributed by atoms with Gasteiger partial charge in [-0.3, -0.25) is 4.79 Å². The molecule has 38 heavy (non-hydrogen) atoms. The number of carbonyl (C=O) groups is 1. The van der Waals surface area contributed by atoms with Gasteiger partial charge in [0.1, 0.15) is 0 Å². The Morgan fingerprint density at radius 3 is 1.13 bits per heavy atom. The number of rotatable bonds is 31. The van der Waals surface area contributed by atoms with Crippen LogP contribution in [-0.2, 0) is 4.79 Å². The Kier molecular flexibility index (Phi) is 33.0. The maximum Gasteiger partial charge on any atom is 0.219 e. The van der Waals surface area contributed by atoms with Gasteiger partial charge in [0.15, 0.2) is 0 Å². The first-order chi connectivity index (χ1) is 18.8. The summed E-state index contributed by atoms with van der Waals surface area (Å²) in [7, 11) is 0. The van der Waals surface area contributed by atoms with Gasteiger partial charge in [0.2, 0.25) is 5.91 Å². The minimum atomic E-state index is 0.260. The minimum absolute atomic E-state index is 0.260. The average molecular weight is 532 g/mol. The van der Waals surface area contributed by atoms with Gasteiger partial charge in [0.25, 0.3) is 0 Å². The number of unbranched alkanes of at least 4 members (excludes halogenated alkanes) is 23. The first kappa shape index (κ1) is 37.0. The molecule has 0 aliphatic rings. The van der Waals surface area contributed by atoms with E-state index in [0.29, 0.717) is 6.42 Å². The third-order valence-electron chi connectivity index (χ3n) is 7.68. The second-order valence-electron chi connectivity index (χ2n) is 11.6. The molecule has 0 saturated heterocycles. The molecule has 2 heteroatoms. The molecule has 0 radical (unpaired) electrons. The van der Waals surface area contributed by atoms with E-state index in [4.69, 9.17) is 0 Å². The van der Waals surface area contributed by atoms with Gasteiger partial charge in [0.05, 0.1) is 0 Å². The van der Waals surface area contributed by atoms with Crippen molar-refractivity contribution < 1.29 is 4.79 Å². The monoisotopic (exact) mass is 532 g/mol. The van der Waals surface area contributed by atoms with E-state index < -0.39 is 0 Å². The lowest BCUT2D eigenvalue weighted by atomic mass is 10.1. The molecular weight excluding hydrogens is 462 g/mol. The number of amides is 1. The molecule has 0 aliphatic heterocycles. The molecule has 0 fully saturated rings. The van der Waals surface area contributed by atoms with Crippen molar-refractivity contribution in [1.29, 1.82) is 0 Å². The number of carbonyl (C=O) groups excluding carboxylic acids is 1. The molecule has 0 spiro atoms. The third kappa shape index (κ3) is 33.0. The van der Waals surface area contributed by atoms with Gasteiger partial charge < -0.3 is 5.32 Å². The fraction of sp³-hybridized carbons (Fsp3) is 0.861. The van der Waals surface area contributed by atoms with Crippen LogP contribution in [0.15, 0.2) is 24.3 Å². The van der Waals surface area contributed by atoms with Crippen LogP contribution in [0.3, 0.4) is 0 Å². The Labute approximate surface area is 240 Å². The van der Waals surface area contributed by atoms with Crippen molar-refractivity contribution >= 4 is 5.91 Å². The predicted molar refractivity (Wildman–Crippen MR) is 172 cm³/mol.